The second-order valence-corrected chi connectivity index (χ2v) is 1.98. The van der Waals surface area contributed by atoms with Crippen LogP contribution in [0.1, 0.15) is 13.3 Å². The highest BCUT2D eigenvalue weighted by molar-refractivity contribution is 5.61. The van der Waals surface area contributed by atoms with Gasteiger partial charge in [-0.15, -0.1) is 0 Å². The van der Waals surface area contributed by atoms with Crippen molar-refractivity contribution < 1.29 is 0 Å². The molecule has 1 heterocycles. The van der Waals surface area contributed by atoms with Gasteiger partial charge in [0.25, 0.3) is 0 Å². The first-order valence-electron chi connectivity index (χ1n) is 2.68. The summed E-state index contributed by atoms with van der Waals surface area (Å²) < 4.78 is 0. The molecule has 1 aliphatic rings. The summed E-state index contributed by atoms with van der Waals surface area (Å²) in [5.74, 6) is 0. The van der Waals surface area contributed by atoms with Gasteiger partial charge >= 0.3 is 0 Å². The van der Waals surface area contributed by atoms with Crippen molar-refractivity contribution in [3.63, 3.8) is 0 Å². The van der Waals surface area contributed by atoms with E-state index in [4.69, 9.17) is 0 Å². The average molecular weight is 112 g/mol. The zero-order valence-electron chi connectivity index (χ0n) is 4.74. The molecule has 0 bridgehead atoms. The standard InChI is InChI=1S/C5H8N2O/c1-4-5(7-8)2-3-6-4/h3-5H,2H2,1H3. The van der Waals surface area contributed by atoms with Gasteiger partial charge in [0.15, 0.2) is 0 Å². The number of nitroso groups, excluding NO2 is 1. The van der Waals surface area contributed by atoms with E-state index >= 15 is 0 Å². The fraction of sp³-hybridized carbons (Fsp3) is 0.800. The Morgan fingerprint density at radius 2 is 2.62 bits per heavy atom. The predicted octanol–water partition coefficient (Wildman–Crippen LogP) is 0.984. The summed E-state index contributed by atoms with van der Waals surface area (Å²) in [5.41, 5.74) is 0. The lowest BCUT2D eigenvalue weighted by Gasteiger charge is -2.00. The van der Waals surface area contributed by atoms with E-state index in [1.54, 1.807) is 6.21 Å². The first-order valence-corrected chi connectivity index (χ1v) is 2.68. The molecular weight excluding hydrogens is 104 g/mol. The summed E-state index contributed by atoms with van der Waals surface area (Å²) >= 11 is 0. The lowest BCUT2D eigenvalue weighted by atomic mass is 10.2. The lowest BCUT2D eigenvalue weighted by molar-refractivity contribution is 0.616. The van der Waals surface area contributed by atoms with Crippen molar-refractivity contribution in [1.82, 2.24) is 0 Å². The van der Waals surface area contributed by atoms with E-state index in [9.17, 15) is 4.91 Å². The maximum absolute atomic E-state index is 9.89. The van der Waals surface area contributed by atoms with Crippen LogP contribution >= 0.6 is 0 Å². The first-order chi connectivity index (χ1) is 3.84. The van der Waals surface area contributed by atoms with Crippen molar-refractivity contribution in [2.24, 2.45) is 10.2 Å². The van der Waals surface area contributed by atoms with Crippen LogP contribution in [0, 0.1) is 4.91 Å². The van der Waals surface area contributed by atoms with E-state index in [0.29, 0.717) is 0 Å². The molecule has 0 saturated carbocycles. The minimum Gasteiger partial charge on any atom is -0.292 e. The Hall–Kier alpha value is -0.730. The van der Waals surface area contributed by atoms with Crippen LogP contribution in [-0.2, 0) is 0 Å². The maximum Gasteiger partial charge on any atom is 0.119 e. The lowest BCUT2D eigenvalue weighted by Crippen LogP contribution is -2.12. The minimum atomic E-state index is -0.0880. The topological polar surface area (TPSA) is 41.8 Å². The highest BCUT2D eigenvalue weighted by atomic mass is 16.3. The largest absolute Gasteiger partial charge is 0.292 e. The van der Waals surface area contributed by atoms with Gasteiger partial charge in [0.2, 0.25) is 0 Å². The monoisotopic (exact) mass is 112 g/mol. The third-order valence-electron chi connectivity index (χ3n) is 1.38. The van der Waals surface area contributed by atoms with Crippen molar-refractivity contribution in [2.75, 3.05) is 0 Å². The Balaban J connectivity index is 2.50. The van der Waals surface area contributed by atoms with Crippen molar-refractivity contribution in [1.29, 1.82) is 0 Å². The number of hydrogen-bond acceptors (Lipinski definition) is 3. The summed E-state index contributed by atoms with van der Waals surface area (Å²) in [5, 5.41) is 2.89. The Labute approximate surface area is 47.8 Å². The predicted molar refractivity (Wildman–Crippen MR) is 32.2 cm³/mol. The molecule has 1 rings (SSSR count). The van der Waals surface area contributed by atoms with Crippen LogP contribution in [0.5, 0.6) is 0 Å². The minimum absolute atomic E-state index is 0.0880. The van der Waals surface area contributed by atoms with Gasteiger partial charge in [0.05, 0.1) is 6.04 Å². The summed E-state index contributed by atoms with van der Waals surface area (Å²) in [6, 6.07) is 0.0301. The van der Waals surface area contributed by atoms with Gasteiger partial charge in [-0.2, -0.15) is 4.91 Å². The van der Waals surface area contributed by atoms with E-state index in [0.717, 1.165) is 6.42 Å². The Bertz CT molecular complexity index is 122. The number of hydrogen-bond donors (Lipinski definition) is 0. The van der Waals surface area contributed by atoms with E-state index in [2.05, 4.69) is 10.2 Å². The second kappa shape index (κ2) is 2.03. The first kappa shape index (κ1) is 5.41. The molecule has 0 N–H and O–H groups in total. The quantitative estimate of drug-likeness (QED) is 0.466. The fourth-order valence-corrected chi connectivity index (χ4v) is 0.763. The number of nitrogens with zero attached hydrogens (tertiary/aromatic N) is 2. The molecule has 1 aliphatic heterocycles. The van der Waals surface area contributed by atoms with Crippen molar-refractivity contribution in [2.45, 2.75) is 25.4 Å². The van der Waals surface area contributed by atoms with E-state index in [-0.39, 0.29) is 12.1 Å². The zero-order valence-corrected chi connectivity index (χ0v) is 4.74. The molecule has 2 atom stereocenters. The molecule has 0 radical (unpaired) electrons. The van der Waals surface area contributed by atoms with Crippen molar-refractivity contribution >= 4 is 6.21 Å². The van der Waals surface area contributed by atoms with Gasteiger partial charge in [0, 0.05) is 12.6 Å². The molecule has 0 saturated heterocycles. The Morgan fingerprint density at radius 3 is 2.88 bits per heavy atom. The molecule has 44 valence electrons. The van der Waals surface area contributed by atoms with E-state index in [1.165, 1.54) is 0 Å². The van der Waals surface area contributed by atoms with E-state index < -0.39 is 0 Å². The van der Waals surface area contributed by atoms with Gasteiger partial charge in [-0.3, -0.25) is 4.99 Å². The third kappa shape index (κ3) is 0.757. The van der Waals surface area contributed by atoms with Crippen molar-refractivity contribution in [3.8, 4) is 0 Å². The normalized spacial score (nSPS) is 35.6. The molecule has 0 fully saturated rings. The molecule has 2 unspecified atom stereocenters. The van der Waals surface area contributed by atoms with Gasteiger partial charge < -0.3 is 0 Å². The molecule has 0 spiro atoms. The summed E-state index contributed by atoms with van der Waals surface area (Å²) in [7, 11) is 0. The van der Waals surface area contributed by atoms with Crippen LogP contribution in [0.25, 0.3) is 0 Å². The van der Waals surface area contributed by atoms with Crippen LogP contribution in [0.2, 0.25) is 0 Å². The number of rotatable bonds is 1. The fourth-order valence-electron chi connectivity index (χ4n) is 0.763. The van der Waals surface area contributed by atoms with Crippen LogP contribution in [0.15, 0.2) is 10.2 Å². The molecule has 3 nitrogen and oxygen atoms in total. The molecule has 0 aliphatic carbocycles. The highest BCUT2D eigenvalue weighted by Gasteiger charge is 2.19. The van der Waals surface area contributed by atoms with Crippen LogP contribution in [0.3, 0.4) is 0 Å². The van der Waals surface area contributed by atoms with Gasteiger partial charge in [-0.05, 0) is 6.92 Å². The van der Waals surface area contributed by atoms with Gasteiger partial charge in [-0.25, -0.2) is 0 Å². The zero-order chi connectivity index (χ0) is 5.98. The van der Waals surface area contributed by atoms with Crippen LogP contribution in [0.4, 0.5) is 0 Å². The second-order valence-electron chi connectivity index (χ2n) is 1.98. The van der Waals surface area contributed by atoms with Crippen LogP contribution < -0.4 is 0 Å². The van der Waals surface area contributed by atoms with Gasteiger partial charge in [0.1, 0.15) is 6.04 Å². The van der Waals surface area contributed by atoms with Crippen molar-refractivity contribution in [3.05, 3.63) is 4.91 Å². The molecule has 0 aromatic heterocycles. The average Bonchev–Trinajstić information content (AvgIpc) is 2.14. The number of aliphatic imine (C=N–C) groups is 1. The van der Waals surface area contributed by atoms with Gasteiger partial charge in [-0.1, -0.05) is 5.18 Å². The van der Waals surface area contributed by atoms with Crippen LogP contribution in [-0.4, -0.2) is 18.3 Å². The smallest absolute Gasteiger partial charge is 0.119 e. The summed E-state index contributed by atoms with van der Waals surface area (Å²) in [6.07, 6.45) is 2.49. The highest BCUT2D eigenvalue weighted by Crippen LogP contribution is 2.11. The van der Waals surface area contributed by atoms with E-state index in [1.807, 2.05) is 6.92 Å². The maximum atomic E-state index is 9.89. The Morgan fingerprint density at radius 1 is 1.88 bits per heavy atom. The molecule has 0 aromatic rings. The molecule has 3 heteroatoms. The molecule has 0 aromatic carbocycles. The molecule has 0 amide bonds. The molecular formula is C5H8N2O. The molecule has 8 heavy (non-hydrogen) atoms. The Kier molecular flexibility index (Phi) is 1.37. The SMILES string of the molecule is CC1N=CCC1N=O. The third-order valence-corrected chi connectivity index (χ3v) is 1.38. The summed E-state index contributed by atoms with van der Waals surface area (Å²) in [6.45, 7) is 1.90. The summed E-state index contributed by atoms with van der Waals surface area (Å²) in [4.78, 5) is 13.9.